The van der Waals surface area contributed by atoms with Crippen LogP contribution in [0.3, 0.4) is 0 Å². The molecular weight excluding hydrogens is 368 g/mol. The number of rotatable bonds is 2. The molecule has 3 aliphatic heterocycles. The zero-order valence-electron chi connectivity index (χ0n) is 15.1. The second-order valence-corrected chi connectivity index (χ2v) is 7.98. The summed E-state index contributed by atoms with van der Waals surface area (Å²) >= 11 is 5.23. The summed E-state index contributed by atoms with van der Waals surface area (Å²) in [7, 11) is 0. The van der Waals surface area contributed by atoms with Crippen molar-refractivity contribution in [2.24, 2.45) is 5.41 Å². The molecule has 1 aromatic carbocycles. The van der Waals surface area contributed by atoms with Crippen molar-refractivity contribution in [2.45, 2.75) is 45.2 Å². The Labute approximate surface area is 161 Å². The Morgan fingerprint density at radius 1 is 1.37 bits per heavy atom. The third-order valence-corrected chi connectivity index (χ3v) is 6.13. The van der Waals surface area contributed by atoms with Crippen molar-refractivity contribution in [3.63, 3.8) is 0 Å². The number of thiocarbonyl (C=S) groups is 1. The summed E-state index contributed by atoms with van der Waals surface area (Å²) in [6.07, 6.45) is 1.71. The van der Waals surface area contributed by atoms with Gasteiger partial charge in [-0.2, -0.15) is 0 Å². The number of hydrogen-bond acceptors (Lipinski definition) is 6. The average Bonchev–Trinajstić information content (AvgIpc) is 3.09. The molecule has 1 N–H and O–H groups in total. The van der Waals surface area contributed by atoms with Gasteiger partial charge >= 0.3 is 0 Å². The summed E-state index contributed by atoms with van der Waals surface area (Å²) in [5.74, 6) is -0.705. The van der Waals surface area contributed by atoms with Gasteiger partial charge in [0.05, 0.1) is 11.0 Å². The number of anilines is 1. The van der Waals surface area contributed by atoms with Crippen LogP contribution in [0.2, 0.25) is 0 Å². The maximum Gasteiger partial charge on any atom is 0.269 e. The zero-order chi connectivity index (χ0) is 19.5. The number of fused-ring (bicyclic) bond motifs is 4. The average molecular weight is 388 g/mol. The molecule has 27 heavy (non-hydrogen) atoms. The molecule has 2 fully saturated rings. The summed E-state index contributed by atoms with van der Waals surface area (Å²) in [5, 5.41) is 14.1. The molecule has 2 amide bonds. The summed E-state index contributed by atoms with van der Waals surface area (Å²) < 4.78 is 0. The lowest BCUT2D eigenvalue weighted by Gasteiger charge is -2.50. The van der Waals surface area contributed by atoms with Crippen LogP contribution in [-0.2, 0) is 16.0 Å². The number of hydrogen-bond donors (Lipinski definition) is 1. The lowest BCUT2D eigenvalue weighted by Crippen LogP contribution is -2.72. The van der Waals surface area contributed by atoms with Crippen LogP contribution >= 0.6 is 12.2 Å². The molecule has 142 valence electrons. The summed E-state index contributed by atoms with van der Waals surface area (Å²) in [4.78, 5) is 41.0. The molecule has 3 aliphatic rings. The number of carbonyl (C=O) groups excluding carboxylic acids is 2. The maximum atomic E-state index is 13.6. The SMILES string of the molecule is CC(C)N1C(=O)[C@@]2(Cc3cc([N+](=O)[O-])ccc3N3CCC[C@@H]32)C(=O)NC1=S. The fourth-order valence-corrected chi connectivity index (χ4v) is 5.07. The number of nitrogens with zero attached hydrogens (tertiary/aromatic N) is 3. The smallest absolute Gasteiger partial charge is 0.269 e. The first-order chi connectivity index (χ1) is 12.8. The Balaban J connectivity index is 1.88. The van der Waals surface area contributed by atoms with Gasteiger partial charge in [0.2, 0.25) is 11.8 Å². The highest BCUT2D eigenvalue weighted by molar-refractivity contribution is 7.80. The van der Waals surface area contributed by atoms with Crippen molar-refractivity contribution in [1.82, 2.24) is 10.2 Å². The molecule has 0 unspecified atom stereocenters. The van der Waals surface area contributed by atoms with E-state index in [0.717, 1.165) is 12.1 Å². The van der Waals surface area contributed by atoms with E-state index in [1.165, 1.54) is 17.0 Å². The number of amides is 2. The highest BCUT2D eigenvalue weighted by Gasteiger charge is 2.62. The van der Waals surface area contributed by atoms with Gasteiger partial charge in [-0.05, 0) is 50.5 Å². The Morgan fingerprint density at radius 2 is 2.11 bits per heavy atom. The van der Waals surface area contributed by atoms with Gasteiger partial charge in [-0.25, -0.2) is 0 Å². The van der Waals surface area contributed by atoms with E-state index in [1.54, 1.807) is 6.07 Å². The fraction of sp³-hybridized carbons (Fsp3) is 0.500. The largest absolute Gasteiger partial charge is 0.367 e. The van der Waals surface area contributed by atoms with Gasteiger partial charge in [-0.1, -0.05) is 0 Å². The number of non-ortho nitro benzene ring substituents is 1. The van der Waals surface area contributed by atoms with Crippen molar-refractivity contribution in [3.8, 4) is 0 Å². The molecule has 2 saturated heterocycles. The lowest BCUT2D eigenvalue weighted by atomic mass is 9.68. The maximum absolute atomic E-state index is 13.6. The summed E-state index contributed by atoms with van der Waals surface area (Å²) in [6, 6.07) is 4.23. The molecule has 4 rings (SSSR count). The van der Waals surface area contributed by atoms with Crippen LogP contribution in [0.1, 0.15) is 32.3 Å². The molecule has 8 nitrogen and oxygen atoms in total. The van der Waals surface area contributed by atoms with Crippen LogP contribution in [0.25, 0.3) is 0 Å². The molecule has 0 bridgehead atoms. The highest BCUT2D eigenvalue weighted by Crippen LogP contribution is 2.49. The number of nitro groups is 1. The Morgan fingerprint density at radius 3 is 2.78 bits per heavy atom. The van der Waals surface area contributed by atoms with Crippen LogP contribution in [0, 0.1) is 15.5 Å². The predicted molar refractivity (Wildman–Crippen MR) is 102 cm³/mol. The van der Waals surface area contributed by atoms with Gasteiger partial charge in [-0.15, -0.1) is 0 Å². The first kappa shape index (κ1) is 17.8. The quantitative estimate of drug-likeness (QED) is 0.359. The van der Waals surface area contributed by atoms with Crippen molar-refractivity contribution >= 4 is 40.5 Å². The Hall–Kier alpha value is -2.55. The van der Waals surface area contributed by atoms with Gasteiger partial charge in [-0.3, -0.25) is 24.6 Å². The Kier molecular flexibility index (Phi) is 3.95. The Bertz CT molecular complexity index is 886. The van der Waals surface area contributed by atoms with Crippen molar-refractivity contribution < 1.29 is 14.5 Å². The van der Waals surface area contributed by atoms with Crippen LogP contribution in [0.15, 0.2) is 18.2 Å². The van der Waals surface area contributed by atoms with Gasteiger partial charge in [0.1, 0.15) is 0 Å². The number of carbonyl (C=O) groups is 2. The monoisotopic (exact) mass is 388 g/mol. The zero-order valence-corrected chi connectivity index (χ0v) is 15.9. The minimum Gasteiger partial charge on any atom is -0.367 e. The van der Waals surface area contributed by atoms with Crippen LogP contribution in [0.5, 0.6) is 0 Å². The molecule has 0 aliphatic carbocycles. The minimum absolute atomic E-state index is 0.0403. The van der Waals surface area contributed by atoms with Gasteiger partial charge < -0.3 is 10.2 Å². The third-order valence-electron chi connectivity index (χ3n) is 5.84. The van der Waals surface area contributed by atoms with Gasteiger partial charge in [0.25, 0.3) is 5.69 Å². The van der Waals surface area contributed by atoms with Crippen LogP contribution < -0.4 is 10.2 Å². The van der Waals surface area contributed by atoms with Crippen LogP contribution in [-0.4, -0.2) is 45.4 Å². The molecular formula is C18H20N4O4S. The highest BCUT2D eigenvalue weighted by atomic mass is 32.1. The molecule has 9 heteroatoms. The summed E-state index contributed by atoms with van der Waals surface area (Å²) in [5.41, 5.74) is 0.174. The minimum atomic E-state index is -1.31. The standard InChI is InChI=1S/C18H20N4O4S/c1-10(2)21-16(24)18(15(23)19-17(21)27)9-11-8-12(22(25)26)5-6-13(11)20-7-3-4-14(18)20/h5-6,8,10,14H,3-4,7,9H2,1-2H3,(H,19,23,27)/t14-,18-/m1/s1. The van der Waals surface area contributed by atoms with E-state index < -0.39 is 16.2 Å². The van der Waals surface area contributed by atoms with E-state index in [-0.39, 0.29) is 35.2 Å². The third kappa shape index (κ3) is 2.37. The van der Waals surface area contributed by atoms with E-state index in [4.69, 9.17) is 12.2 Å². The van der Waals surface area contributed by atoms with E-state index in [2.05, 4.69) is 10.2 Å². The van der Waals surface area contributed by atoms with Crippen molar-refractivity contribution in [2.75, 3.05) is 11.4 Å². The van der Waals surface area contributed by atoms with Gasteiger partial charge in [0.15, 0.2) is 10.5 Å². The molecule has 1 spiro atoms. The first-order valence-electron chi connectivity index (χ1n) is 9.00. The fourth-order valence-electron chi connectivity index (χ4n) is 4.68. The molecule has 3 heterocycles. The molecule has 2 atom stereocenters. The van der Waals surface area contributed by atoms with Gasteiger partial charge in [0, 0.05) is 36.8 Å². The normalized spacial score (nSPS) is 27.1. The number of nitrogens with one attached hydrogen (secondary N) is 1. The van der Waals surface area contributed by atoms with E-state index in [0.29, 0.717) is 18.5 Å². The molecule has 1 aromatic rings. The van der Waals surface area contributed by atoms with E-state index in [1.807, 2.05) is 13.8 Å². The first-order valence-corrected chi connectivity index (χ1v) is 9.41. The van der Waals surface area contributed by atoms with Crippen LogP contribution in [0.4, 0.5) is 11.4 Å². The molecule has 0 saturated carbocycles. The number of nitro benzene ring substituents is 1. The van der Waals surface area contributed by atoms with Crippen molar-refractivity contribution in [3.05, 3.63) is 33.9 Å². The predicted octanol–water partition coefficient (Wildman–Crippen LogP) is 1.76. The molecule has 0 radical (unpaired) electrons. The lowest BCUT2D eigenvalue weighted by molar-refractivity contribution is -0.384. The second-order valence-electron chi connectivity index (χ2n) is 7.60. The van der Waals surface area contributed by atoms with E-state index >= 15 is 0 Å². The second kappa shape index (κ2) is 5.98. The topological polar surface area (TPSA) is 95.8 Å². The molecule has 0 aromatic heterocycles. The van der Waals surface area contributed by atoms with E-state index in [9.17, 15) is 19.7 Å². The summed E-state index contributed by atoms with van der Waals surface area (Å²) in [6.45, 7) is 4.41. The van der Waals surface area contributed by atoms with Crippen molar-refractivity contribution in [1.29, 1.82) is 0 Å². The number of benzene rings is 1.